The second-order valence-corrected chi connectivity index (χ2v) is 4.39. The molecule has 0 bridgehead atoms. The molecule has 0 amide bonds. The Kier molecular flexibility index (Phi) is 4.18. The summed E-state index contributed by atoms with van der Waals surface area (Å²) in [6.45, 7) is 0.617. The minimum atomic E-state index is 0.171. The molecule has 2 aromatic rings. The van der Waals surface area contributed by atoms with Gasteiger partial charge in [-0.2, -0.15) is 5.10 Å². The van der Waals surface area contributed by atoms with Crippen molar-refractivity contribution >= 4 is 5.84 Å². The number of aryl methyl sites for hydroxylation is 1. The van der Waals surface area contributed by atoms with Crippen molar-refractivity contribution in [2.75, 3.05) is 6.61 Å². The summed E-state index contributed by atoms with van der Waals surface area (Å²) in [5.41, 5.74) is 7.52. The predicted molar refractivity (Wildman–Crippen MR) is 74.5 cm³/mol. The van der Waals surface area contributed by atoms with Crippen LogP contribution >= 0.6 is 0 Å². The molecule has 0 aliphatic rings. The first-order chi connectivity index (χ1) is 9.15. The Balaban J connectivity index is 1.83. The molecule has 0 aliphatic heterocycles. The molecular formula is C14H18N4O. The Morgan fingerprint density at radius 2 is 2.05 bits per heavy atom. The second-order valence-electron chi connectivity index (χ2n) is 4.39. The fraction of sp³-hybridized carbons (Fsp3) is 0.286. The van der Waals surface area contributed by atoms with Crippen molar-refractivity contribution in [2.45, 2.75) is 12.8 Å². The van der Waals surface area contributed by atoms with E-state index in [0.29, 0.717) is 13.0 Å². The van der Waals surface area contributed by atoms with Crippen molar-refractivity contribution < 1.29 is 4.74 Å². The number of hydrogen-bond acceptors (Lipinski definition) is 3. The van der Waals surface area contributed by atoms with E-state index in [1.807, 2.05) is 42.1 Å². The van der Waals surface area contributed by atoms with Crippen molar-refractivity contribution in [2.24, 2.45) is 12.8 Å². The van der Waals surface area contributed by atoms with Gasteiger partial charge in [0.1, 0.15) is 5.75 Å². The highest BCUT2D eigenvalue weighted by Crippen LogP contribution is 2.13. The van der Waals surface area contributed by atoms with Crippen LogP contribution in [-0.2, 0) is 19.9 Å². The third-order valence-corrected chi connectivity index (χ3v) is 2.87. The molecule has 0 atom stereocenters. The van der Waals surface area contributed by atoms with Crippen LogP contribution in [0.2, 0.25) is 0 Å². The summed E-state index contributed by atoms with van der Waals surface area (Å²) in [5, 5.41) is 11.3. The third kappa shape index (κ3) is 3.84. The number of nitrogens with zero attached hydrogens (tertiary/aromatic N) is 2. The summed E-state index contributed by atoms with van der Waals surface area (Å²) >= 11 is 0. The minimum Gasteiger partial charge on any atom is -0.493 e. The fourth-order valence-electron chi connectivity index (χ4n) is 1.84. The zero-order valence-corrected chi connectivity index (χ0v) is 11.0. The van der Waals surface area contributed by atoms with Crippen LogP contribution in [0.15, 0.2) is 36.5 Å². The SMILES string of the molecule is Cn1nccc1CCOc1ccc(CC(=N)N)cc1. The van der Waals surface area contributed by atoms with Gasteiger partial charge in [0.05, 0.1) is 12.4 Å². The molecule has 100 valence electrons. The van der Waals surface area contributed by atoms with Gasteiger partial charge in [-0.05, 0) is 23.8 Å². The summed E-state index contributed by atoms with van der Waals surface area (Å²) in [7, 11) is 1.92. The highest BCUT2D eigenvalue weighted by Gasteiger charge is 2.00. The molecule has 0 saturated heterocycles. The lowest BCUT2D eigenvalue weighted by molar-refractivity contribution is 0.318. The van der Waals surface area contributed by atoms with Crippen LogP contribution in [0.1, 0.15) is 11.3 Å². The number of nitrogens with two attached hydrogens (primary N) is 1. The molecule has 5 heteroatoms. The number of ether oxygens (including phenoxy) is 1. The number of hydrogen-bond donors (Lipinski definition) is 2. The van der Waals surface area contributed by atoms with E-state index in [1.165, 1.54) is 0 Å². The van der Waals surface area contributed by atoms with E-state index in [4.69, 9.17) is 15.9 Å². The van der Waals surface area contributed by atoms with Crippen LogP contribution in [0.25, 0.3) is 0 Å². The van der Waals surface area contributed by atoms with E-state index in [1.54, 1.807) is 6.20 Å². The Bertz CT molecular complexity index is 545. The highest BCUT2D eigenvalue weighted by atomic mass is 16.5. The molecule has 1 aromatic heterocycles. The Morgan fingerprint density at radius 3 is 2.63 bits per heavy atom. The topological polar surface area (TPSA) is 76.9 Å². The maximum absolute atomic E-state index is 7.23. The summed E-state index contributed by atoms with van der Waals surface area (Å²) < 4.78 is 7.51. The fourth-order valence-corrected chi connectivity index (χ4v) is 1.84. The summed E-state index contributed by atoms with van der Waals surface area (Å²) in [6.07, 6.45) is 3.09. The van der Waals surface area contributed by atoms with Crippen LogP contribution in [0.4, 0.5) is 0 Å². The highest BCUT2D eigenvalue weighted by molar-refractivity contribution is 5.79. The molecule has 0 radical (unpaired) electrons. The van der Waals surface area contributed by atoms with Crippen LogP contribution in [0.5, 0.6) is 5.75 Å². The van der Waals surface area contributed by atoms with Crippen molar-refractivity contribution in [1.82, 2.24) is 9.78 Å². The molecule has 3 N–H and O–H groups in total. The van der Waals surface area contributed by atoms with Crippen LogP contribution in [-0.4, -0.2) is 22.2 Å². The Hall–Kier alpha value is -2.30. The van der Waals surface area contributed by atoms with Gasteiger partial charge in [0, 0.05) is 31.8 Å². The first kappa shape index (κ1) is 13.1. The summed E-state index contributed by atoms with van der Waals surface area (Å²) in [5.74, 6) is 0.999. The Labute approximate surface area is 112 Å². The zero-order chi connectivity index (χ0) is 13.7. The molecule has 5 nitrogen and oxygen atoms in total. The largest absolute Gasteiger partial charge is 0.493 e. The van der Waals surface area contributed by atoms with Gasteiger partial charge in [-0.1, -0.05) is 12.1 Å². The van der Waals surface area contributed by atoms with E-state index in [0.717, 1.165) is 23.4 Å². The van der Waals surface area contributed by atoms with E-state index in [2.05, 4.69) is 5.10 Å². The third-order valence-electron chi connectivity index (χ3n) is 2.87. The number of rotatable bonds is 6. The summed E-state index contributed by atoms with van der Waals surface area (Å²) in [6, 6.07) is 9.66. The lowest BCUT2D eigenvalue weighted by atomic mass is 10.1. The van der Waals surface area contributed by atoms with Gasteiger partial charge in [-0.25, -0.2) is 0 Å². The average molecular weight is 258 g/mol. The molecule has 0 fully saturated rings. The maximum Gasteiger partial charge on any atom is 0.119 e. The monoisotopic (exact) mass is 258 g/mol. The van der Waals surface area contributed by atoms with Crippen molar-refractivity contribution in [3.05, 3.63) is 47.8 Å². The number of amidine groups is 1. The van der Waals surface area contributed by atoms with Crippen molar-refractivity contribution in [1.29, 1.82) is 5.41 Å². The predicted octanol–water partition coefficient (Wildman–Crippen LogP) is 1.52. The van der Waals surface area contributed by atoms with Crippen molar-refractivity contribution in [3.63, 3.8) is 0 Å². The maximum atomic E-state index is 7.23. The lowest BCUT2D eigenvalue weighted by Crippen LogP contribution is -2.12. The molecule has 1 aromatic carbocycles. The summed E-state index contributed by atoms with van der Waals surface area (Å²) in [4.78, 5) is 0. The lowest BCUT2D eigenvalue weighted by Gasteiger charge is -2.07. The van der Waals surface area contributed by atoms with Crippen LogP contribution < -0.4 is 10.5 Å². The van der Waals surface area contributed by atoms with Gasteiger partial charge in [0.15, 0.2) is 0 Å². The standard InChI is InChI=1S/C14H18N4O/c1-18-12(6-8-17-18)7-9-19-13-4-2-11(3-5-13)10-14(15)16/h2-6,8H,7,9-10H2,1H3,(H3,15,16). The zero-order valence-electron chi connectivity index (χ0n) is 11.0. The first-order valence-corrected chi connectivity index (χ1v) is 6.16. The molecule has 0 saturated carbocycles. The van der Waals surface area contributed by atoms with Gasteiger partial charge in [0.2, 0.25) is 0 Å². The van der Waals surface area contributed by atoms with E-state index < -0.39 is 0 Å². The molecular weight excluding hydrogens is 240 g/mol. The Morgan fingerprint density at radius 1 is 1.32 bits per heavy atom. The van der Waals surface area contributed by atoms with Crippen LogP contribution in [0.3, 0.4) is 0 Å². The number of nitrogens with one attached hydrogen (secondary N) is 1. The average Bonchev–Trinajstić information content (AvgIpc) is 2.77. The minimum absolute atomic E-state index is 0.171. The van der Waals surface area contributed by atoms with Gasteiger partial charge < -0.3 is 10.5 Å². The van der Waals surface area contributed by atoms with Gasteiger partial charge >= 0.3 is 0 Å². The normalized spacial score (nSPS) is 10.4. The number of aromatic nitrogens is 2. The molecule has 1 heterocycles. The van der Waals surface area contributed by atoms with E-state index in [9.17, 15) is 0 Å². The molecule has 0 spiro atoms. The van der Waals surface area contributed by atoms with Gasteiger partial charge in [-0.3, -0.25) is 10.1 Å². The molecule has 0 aliphatic carbocycles. The van der Waals surface area contributed by atoms with E-state index in [-0.39, 0.29) is 5.84 Å². The van der Waals surface area contributed by atoms with Crippen molar-refractivity contribution in [3.8, 4) is 5.75 Å². The molecule has 0 unspecified atom stereocenters. The molecule has 19 heavy (non-hydrogen) atoms. The smallest absolute Gasteiger partial charge is 0.119 e. The van der Waals surface area contributed by atoms with E-state index >= 15 is 0 Å². The quantitative estimate of drug-likeness (QED) is 0.609. The second kappa shape index (κ2) is 6.04. The van der Waals surface area contributed by atoms with Gasteiger partial charge in [0.25, 0.3) is 0 Å². The molecule has 2 rings (SSSR count). The van der Waals surface area contributed by atoms with Gasteiger partial charge in [-0.15, -0.1) is 0 Å². The first-order valence-electron chi connectivity index (χ1n) is 6.16. The number of benzene rings is 1. The van der Waals surface area contributed by atoms with Crippen LogP contribution in [0, 0.1) is 5.41 Å².